The highest BCUT2D eigenvalue weighted by molar-refractivity contribution is 9.10. The first-order chi connectivity index (χ1) is 8.60. The van der Waals surface area contributed by atoms with Gasteiger partial charge in [-0.2, -0.15) is 0 Å². The SMILES string of the molecule is COC1CC(NCc2ccc([N+](=O)[O-])cc2Br)C1. The number of benzene rings is 1. The zero-order valence-corrected chi connectivity index (χ0v) is 11.6. The van der Waals surface area contributed by atoms with Gasteiger partial charge in [0, 0.05) is 36.3 Å². The molecule has 0 spiro atoms. The van der Waals surface area contributed by atoms with Crippen LogP contribution in [0.25, 0.3) is 0 Å². The van der Waals surface area contributed by atoms with Crippen molar-refractivity contribution in [3.05, 3.63) is 38.3 Å². The first-order valence-electron chi connectivity index (χ1n) is 5.79. The van der Waals surface area contributed by atoms with E-state index in [2.05, 4.69) is 21.2 Å². The number of methoxy groups -OCH3 is 1. The van der Waals surface area contributed by atoms with Crippen LogP contribution in [0.3, 0.4) is 0 Å². The summed E-state index contributed by atoms with van der Waals surface area (Å²) in [6, 6.07) is 5.33. The Balaban J connectivity index is 1.88. The molecule has 0 amide bonds. The first kappa shape index (κ1) is 13.5. The number of rotatable bonds is 5. The summed E-state index contributed by atoms with van der Waals surface area (Å²) in [5, 5.41) is 14.0. The fraction of sp³-hybridized carbons (Fsp3) is 0.500. The monoisotopic (exact) mass is 314 g/mol. The van der Waals surface area contributed by atoms with E-state index in [9.17, 15) is 10.1 Å². The van der Waals surface area contributed by atoms with Crippen LogP contribution < -0.4 is 5.32 Å². The van der Waals surface area contributed by atoms with Crippen LogP contribution in [0.1, 0.15) is 18.4 Å². The Morgan fingerprint density at radius 2 is 2.28 bits per heavy atom. The van der Waals surface area contributed by atoms with Gasteiger partial charge in [0.25, 0.3) is 5.69 Å². The second kappa shape index (κ2) is 5.77. The zero-order valence-electron chi connectivity index (χ0n) is 10.1. The van der Waals surface area contributed by atoms with E-state index in [4.69, 9.17) is 4.74 Å². The minimum atomic E-state index is -0.392. The summed E-state index contributed by atoms with van der Waals surface area (Å²) in [7, 11) is 1.73. The highest BCUT2D eigenvalue weighted by Gasteiger charge is 2.28. The van der Waals surface area contributed by atoms with Gasteiger partial charge in [0.05, 0.1) is 11.0 Å². The number of nitro groups is 1. The fourth-order valence-corrected chi connectivity index (χ4v) is 2.48. The van der Waals surface area contributed by atoms with Crippen molar-refractivity contribution in [2.24, 2.45) is 0 Å². The molecule has 0 saturated heterocycles. The van der Waals surface area contributed by atoms with E-state index in [1.54, 1.807) is 13.2 Å². The van der Waals surface area contributed by atoms with Crippen molar-refractivity contribution in [3.8, 4) is 0 Å². The fourth-order valence-electron chi connectivity index (χ4n) is 1.97. The summed E-state index contributed by atoms with van der Waals surface area (Å²) >= 11 is 3.36. The van der Waals surface area contributed by atoms with E-state index in [-0.39, 0.29) is 5.69 Å². The van der Waals surface area contributed by atoms with Gasteiger partial charge in [0.1, 0.15) is 0 Å². The maximum absolute atomic E-state index is 10.6. The molecule has 1 N–H and O–H groups in total. The van der Waals surface area contributed by atoms with E-state index < -0.39 is 4.92 Å². The molecule has 0 bridgehead atoms. The molecular weight excluding hydrogens is 300 g/mol. The van der Waals surface area contributed by atoms with E-state index in [1.165, 1.54) is 12.1 Å². The number of non-ortho nitro benzene ring substituents is 1. The molecule has 0 aliphatic heterocycles. The maximum Gasteiger partial charge on any atom is 0.270 e. The Morgan fingerprint density at radius 1 is 1.56 bits per heavy atom. The van der Waals surface area contributed by atoms with Gasteiger partial charge in [-0.1, -0.05) is 15.9 Å². The summed E-state index contributed by atoms with van der Waals surface area (Å²) in [6.07, 6.45) is 2.44. The lowest BCUT2D eigenvalue weighted by molar-refractivity contribution is -0.384. The number of nitrogens with one attached hydrogen (secondary N) is 1. The largest absolute Gasteiger partial charge is 0.381 e. The van der Waals surface area contributed by atoms with Crippen molar-refractivity contribution in [1.82, 2.24) is 5.32 Å². The van der Waals surface area contributed by atoms with Gasteiger partial charge in [0.2, 0.25) is 0 Å². The van der Waals surface area contributed by atoms with Crippen LogP contribution in [-0.4, -0.2) is 24.2 Å². The average molecular weight is 315 g/mol. The number of nitro benzene ring substituents is 1. The average Bonchev–Trinajstić information content (AvgIpc) is 2.28. The second-order valence-electron chi connectivity index (χ2n) is 4.44. The van der Waals surface area contributed by atoms with Crippen LogP contribution in [0.5, 0.6) is 0 Å². The third-order valence-electron chi connectivity index (χ3n) is 3.26. The van der Waals surface area contributed by atoms with E-state index in [0.29, 0.717) is 18.7 Å². The smallest absolute Gasteiger partial charge is 0.270 e. The van der Waals surface area contributed by atoms with Crippen molar-refractivity contribution in [2.45, 2.75) is 31.5 Å². The second-order valence-corrected chi connectivity index (χ2v) is 5.29. The quantitative estimate of drug-likeness (QED) is 0.670. The zero-order chi connectivity index (χ0) is 13.1. The Morgan fingerprint density at radius 3 is 2.83 bits per heavy atom. The molecular formula is C12H15BrN2O3. The summed E-state index contributed by atoms with van der Waals surface area (Å²) in [5.41, 5.74) is 1.13. The number of hydrogen-bond donors (Lipinski definition) is 1. The lowest BCUT2D eigenvalue weighted by Crippen LogP contribution is -2.44. The Kier molecular flexibility index (Phi) is 4.31. The number of halogens is 1. The molecule has 1 fully saturated rings. The molecule has 0 atom stereocenters. The molecule has 98 valence electrons. The summed E-state index contributed by atoms with van der Waals surface area (Å²) < 4.78 is 5.98. The maximum atomic E-state index is 10.6. The molecule has 0 radical (unpaired) electrons. The summed E-state index contributed by atoms with van der Waals surface area (Å²) in [6.45, 7) is 0.708. The third kappa shape index (κ3) is 3.07. The lowest BCUT2D eigenvalue weighted by atomic mass is 9.89. The minimum absolute atomic E-state index is 0.105. The van der Waals surface area contributed by atoms with Gasteiger partial charge < -0.3 is 10.1 Å². The molecule has 18 heavy (non-hydrogen) atoms. The standard InChI is InChI=1S/C12H15BrN2O3/c1-18-11-4-9(5-11)14-7-8-2-3-10(15(16)17)6-12(8)13/h2-3,6,9,11,14H,4-5,7H2,1H3. The van der Waals surface area contributed by atoms with Gasteiger partial charge in [-0.3, -0.25) is 10.1 Å². The number of nitrogens with zero attached hydrogens (tertiary/aromatic N) is 1. The first-order valence-corrected chi connectivity index (χ1v) is 6.58. The highest BCUT2D eigenvalue weighted by atomic mass is 79.9. The molecule has 0 unspecified atom stereocenters. The van der Waals surface area contributed by atoms with Crippen molar-refractivity contribution < 1.29 is 9.66 Å². The van der Waals surface area contributed by atoms with E-state index >= 15 is 0 Å². The van der Waals surface area contributed by atoms with Crippen LogP contribution in [0.4, 0.5) is 5.69 Å². The number of hydrogen-bond acceptors (Lipinski definition) is 4. The molecule has 1 aromatic carbocycles. The normalized spacial score (nSPS) is 22.6. The van der Waals surface area contributed by atoms with Crippen LogP contribution >= 0.6 is 15.9 Å². The Hall–Kier alpha value is -0.980. The molecule has 1 saturated carbocycles. The van der Waals surface area contributed by atoms with Crippen LogP contribution in [0, 0.1) is 10.1 Å². The van der Waals surface area contributed by atoms with Gasteiger partial charge in [-0.05, 0) is 24.5 Å². The lowest BCUT2D eigenvalue weighted by Gasteiger charge is -2.34. The van der Waals surface area contributed by atoms with Crippen LogP contribution in [0.2, 0.25) is 0 Å². The molecule has 1 aromatic rings. The molecule has 5 nitrogen and oxygen atoms in total. The van der Waals surface area contributed by atoms with Crippen molar-refractivity contribution in [3.63, 3.8) is 0 Å². The highest BCUT2D eigenvalue weighted by Crippen LogP contribution is 2.25. The molecule has 1 aliphatic carbocycles. The molecule has 0 aromatic heterocycles. The van der Waals surface area contributed by atoms with Crippen LogP contribution in [-0.2, 0) is 11.3 Å². The van der Waals surface area contributed by atoms with Gasteiger partial charge in [-0.15, -0.1) is 0 Å². The van der Waals surface area contributed by atoms with Gasteiger partial charge in [0.15, 0.2) is 0 Å². The predicted molar refractivity (Wildman–Crippen MR) is 71.5 cm³/mol. The van der Waals surface area contributed by atoms with Gasteiger partial charge >= 0.3 is 0 Å². The predicted octanol–water partition coefficient (Wildman–Crippen LogP) is 2.62. The van der Waals surface area contributed by atoms with Crippen LogP contribution in [0.15, 0.2) is 22.7 Å². The number of ether oxygens (including phenoxy) is 1. The van der Waals surface area contributed by atoms with Crippen molar-refractivity contribution in [1.29, 1.82) is 0 Å². The molecule has 0 heterocycles. The third-order valence-corrected chi connectivity index (χ3v) is 4.00. The summed E-state index contributed by atoms with van der Waals surface area (Å²) in [5.74, 6) is 0. The van der Waals surface area contributed by atoms with Gasteiger partial charge in [-0.25, -0.2) is 0 Å². The van der Waals surface area contributed by atoms with Crippen molar-refractivity contribution >= 4 is 21.6 Å². The van der Waals surface area contributed by atoms with E-state index in [1.807, 2.05) is 0 Å². The molecule has 6 heteroatoms. The summed E-state index contributed by atoms with van der Waals surface area (Å²) in [4.78, 5) is 10.2. The van der Waals surface area contributed by atoms with E-state index in [0.717, 1.165) is 22.9 Å². The Bertz CT molecular complexity index is 447. The minimum Gasteiger partial charge on any atom is -0.381 e. The topological polar surface area (TPSA) is 64.4 Å². The Labute approximate surface area is 114 Å². The molecule has 1 aliphatic rings. The van der Waals surface area contributed by atoms with Crippen molar-refractivity contribution in [2.75, 3.05) is 7.11 Å². The molecule has 2 rings (SSSR count).